The van der Waals surface area contributed by atoms with Gasteiger partial charge < -0.3 is 0 Å². The highest BCUT2D eigenvalue weighted by molar-refractivity contribution is 9.10. The van der Waals surface area contributed by atoms with Crippen LogP contribution in [0.3, 0.4) is 0 Å². The van der Waals surface area contributed by atoms with Crippen molar-refractivity contribution in [2.24, 2.45) is 0 Å². The minimum absolute atomic E-state index is 0.0433. The molecule has 5 aromatic rings. The SMILES string of the molecule is O=c1c2cc(Br)ccc2nc2c3ccccc3c3ccccc3n12. The summed E-state index contributed by atoms with van der Waals surface area (Å²) in [7, 11) is 0. The third-order valence-corrected chi connectivity index (χ3v) is 4.93. The first-order valence-corrected chi connectivity index (χ1v) is 8.45. The fourth-order valence-corrected chi connectivity index (χ4v) is 3.73. The Hall–Kier alpha value is -2.72. The summed E-state index contributed by atoms with van der Waals surface area (Å²) in [4.78, 5) is 18.0. The molecule has 0 radical (unpaired) electrons. The van der Waals surface area contributed by atoms with Gasteiger partial charge in [-0.1, -0.05) is 58.4 Å². The molecular weight excluding hydrogens is 364 g/mol. The molecule has 0 unspecified atom stereocenters. The molecule has 0 bridgehead atoms. The van der Waals surface area contributed by atoms with Crippen LogP contribution in [0.1, 0.15) is 0 Å². The van der Waals surface area contributed by atoms with E-state index in [9.17, 15) is 4.79 Å². The van der Waals surface area contributed by atoms with E-state index in [0.717, 1.165) is 26.1 Å². The number of benzene rings is 3. The average Bonchev–Trinajstić information content (AvgIpc) is 2.62. The van der Waals surface area contributed by atoms with Crippen LogP contribution in [0.15, 0.2) is 76.0 Å². The van der Waals surface area contributed by atoms with Gasteiger partial charge in [0.15, 0.2) is 0 Å². The normalized spacial score (nSPS) is 11.7. The molecule has 0 aliphatic rings. The van der Waals surface area contributed by atoms with Crippen LogP contribution < -0.4 is 5.56 Å². The average molecular weight is 375 g/mol. The van der Waals surface area contributed by atoms with Crippen molar-refractivity contribution < 1.29 is 0 Å². The quantitative estimate of drug-likeness (QED) is 0.285. The fraction of sp³-hybridized carbons (Fsp3) is 0. The van der Waals surface area contributed by atoms with Gasteiger partial charge in [0.2, 0.25) is 0 Å². The van der Waals surface area contributed by atoms with Gasteiger partial charge in [-0.05, 0) is 29.7 Å². The van der Waals surface area contributed by atoms with Crippen molar-refractivity contribution in [2.75, 3.05) is 0 Å². The zero-order valence-electron chi connectivity index (χ0n) is 12.5. The Morgan fingerprint density at radius 3 is 2.33 bits per heavy atom. The fourth-order valence-electron chi connectivity index (χ4n) is 3.37. The number of halogens is 1. The molecule has 0 spiro atoms. The second kappa shape index (κ2) is 4.89. The summed E-state index contributed by atoms with van der Waals surface area (Å²) in [5.41, 5.74) is 2.25. The molecule has 2 aromatic heterocycles. The zero-order valence-corrected chi connectivity index (χ0v) is 14.1. The Bertz CT molecular complexity index is 1340. The Morgan fingerprint density at radius 1 is 0.792 bits per heavy atom. The number of nitrogens with zero attached hydrogens (tertiary/aromatic N) is 2. The molecule has 0 amide bonds. The number of fused-ring (bicyclic) bond motifs is 7. The van der Waals surface area contributed by atoms with Crippen LogP contribution in [0.5, 0.6) is 0 Å². The van der Waals surface area contributed by atoms with Crippen molar-refractivity contribution in [1.82, 2.24) is 9.38 Å². The number of para-hydroxylation sites is 1. The molecule has 2 heterocycles. The van der Waals surface area contributed by atoms with Crippen molar-refractivity contribution in [3.8, 4) is 0 Å². The van der Waals surface area contributed by atoms with Crippen molar-refractivity contribution >= 4 is 54.2 Å². The van der Waals surface area contributed by atoms with Crippen molar-refractivity contribution in [3.63, 3.8) is 0 Å². The molecule has 5 rings (SSSR count). The zero-order chi connectivity index (χ0) is 16.3. The largest absolute Gasteiger partial charge is 0.268 e. The van der Waals surface area contributed by atoms with Gasteiger partial charge in [0.05, 0.1) is 16.4 Å². The first kappa shape index (κ1) is 13.7. The Morgan fingerprint density at radius 2 is 1.50 bits per heavy atom. The highest BCUT2D eigenvalue weighted by atomic mass is 79.9. The predicted octanol–water partition coefficient (Wildman–Crippen LogP) is 4.92. The molecule has 0 fully saturated rings. The van der Waals surface area contributed by atoms with Crippen LogP contribution in [0.4, 0.5) is 0 Å². The maximum Gasteiger partial charge on any atom is 0.266 e. The summed E-state index contributed by atoms with van der Waals surface area (Å²) >= 11 is 3.44. The van der Waals surface area contributed by atoms with Crippen molar-refractivity contribution in [3.05, 3.63) is 81.6 Å². The van der Waals surface area contributed by atoms with Crippen LogP contribution in [0, 0.1) is 0 Å². The van der Waals surface area contributed by atoms with E-state index in [2.05, 4.69) is 28.1 Å². The summed E-state index contributed by atoms with van der Waals surface area (Å²) in [5.74, 6) is 0. The van der Waals surface area contributed by atoms with Gasteiger partial charge in [-0.3, -0.25) is 9.20 Å². The van der Waals surface area contributed by atoms with E-state index >= 15 is 0 Å². The third kappa shape index (κ3) is 1.77. The predicted molar refractivity (Wildman–Crippen MR) is 102 cm³/mol. The van der Waals surface area contributed by atoms with Crippen LogP contribution in [-0.2, 0) is 0 Å². The number of rotatable bonds is 0. The molecule has 114 valence electrons. The van der Waals surface area contributed by atoms with Gasteiger partial charge in [0, 0.05) is 15.2 Å². The molecule has 4 heteroatoms. The molecule has 3 aromatic carbocycles. The van der Waals surface area contributed by atoms with Crippen molar-refractivity contribution in [2.45, 2.75) is 0 Å². The molecule has 0 aliphatic carbocycles. The second-order valence-electron chi connectivity index (χ2n) is 5.80. The van der Waals surface area contributed by atoms with Crippen LogP contribution in [0.2, 0.25) is 0 Å². The molecule has 24 heavy (non-hydrogen) atoms. The number of pyridine rings is 1. The first-order valence-electron chi connectivity index (χ1n) is 7.65. The summed E-state index contributed by atoms with van der Waals surface area (Å²) in [6.45, 7) is 0. The van der Waals surface area contributed by atoms with E-state index in [4.69, 9.17) is 4.98 Å². The summed E-state index contributed by atoms with van der Waals surface area (Å²) in [6, 6.07) is 21.7. The second-order valence-corrected chi connectivity index (χ2v) is 6.72. The van der Waals surface area contributed by atoms with Gasteiger partial charge >= 0.3 is 0 Å². The van der Waals surface area contributed by atoms with E-state index in [-0.39, 0.29) is 5.56 Å². The number of aromatic nitrogens is 2. The first-order chi connectivity index (χ1) is 11.7. The van der Waals surface area contributed by atoms with Crippen molar-refractivity contribution in [1.29, 1.82) is 0 Å². The standard InChI is InChI=1S/C20H11BrN2O/c21-12-9-10-17-16(11-12)20(24)23-18-8-4-3-6-14(18)13-5-1-2-7-15(13)19(23)22-17/h1-11H. The summed E-state index contributed by atoms with van der Waals surface area (Å²) in [5, 5.41) is 3.76. The van der Waals surface area contributed by atoms with E-state index < -0.39 is 0 Å². The van der Waals surface area contributed by atoms with Gasteiger partial charge in [0.1, 0.15) is 5.65 Å². The van der Waals surface area contributed by atoms with Gasteiger partial charge in [-0.15, -0.1) is 0 Å². The molecular formula is C20H11BrN2O. The Labute approximate surface area is 145 Å². The highest BCUT2D eigenvalue weighted by Crippen LogP contribution is 2.28. The monoisotopic (exact) mass is 374 g/mol. The van der Waals surface area contributed by atoms with E-state index in [1.807, 2.05) is 54.6 Å². The maximum absolute atomic E-state index is 13.2. The van der Waals surface area contributed by atoms with Crippen LogP contribution in [-0.4, -0.2) is 9.38 Å². The molecule has 0 aliphatic heterocycles. The lowest BCUT2D eigenvalue weighted by Crippen LogP contribution is -2.16. The summed E-state index contributed by atoms with van der Waals surface area (Å²) in [6.07, 6.45) is 0. The van der Waals surface area contributed by atoms with Crippen LogP contribution in [0.25, 0.3) is 38.2 Å². The molecule has 0 saturated carbocycles. The highest BCUT2D eigenvalue weighted by Gasteiger charge is 2.13. The lowest BCUT2D eigenvalue weighted by Gasteiger charge is -2.11. The van der Waals surface area contributed by atoms with Gasteiger partial charge in [-0.2, -0.15) is 0 Å². The minimum atomic E-state index is -0.0433. The summed E-state index contributed by atoms with van der Waals surface area (Å²) < 4.78 is 2.60. The maximum atomic E-state index is 13.2. The molecule has 0 N–H and O–H groups in total. The molecule has 0 saturated heterocycles. The smallest absolute Gasteiger partial charge is 0.266 e. The topological polar surface area (TPSA) is 34.4 Å². The number of hydrogen-bond donors (Lipinski definition) is 0. The lowest BCUT2D eigenvalue weighted by molar-refractivity contribution is 1.14. The minimum Gasteiger partial charge on any atom is -0.268 e. The molecule has 0 atom stereocenters. The third-order valence-electron chi connectivity index (χ3n) is 4.43. The van der Waals surface area contributed by atoms with E-state index in [1.165, 1.54) is 0 Å². The van der Waals surface area contributed by atoms with Crippen LogP contribution >= 0.6 is 15.9 Å². The Kier molecular flexibility index (Phi) is 2.79. The van der Waals surface area contributed by atoms with E-state index in [0.29, 0.717) is 16.6 Å². The van der Waals surface area contributed by atoms with Gasteiger partial charge in [0.25, 0.3) is 5.56 Å². The number of hydrogen-bond acceptors (Lipinski definition) is 2. The lowest BCUT2D eigenvalue weighted by atomic mass is 10.1. The molecule has 3 nitrogen and oxygen atoms in total. The Balaban J connectivity index is 2.21. The van der Waals surface area contributed by atoms with E-state index in [1.54, 1.807) is 4.40 Å². The van der Waals surface area contributed by atoms with Gasteiger partial charge in [-0.25, -0.2) is 4.98 Å².